The van der Waals surface area contributed by atoms with E-state index in [2.05, 4.69) is 5.16 Å². The molecule has 0 spiro atoms. The van der Waals surface area contributed by atoms with E-state index in [1.807, 2.05) is 56.3 Å². The minimum atomic E-state index is -0.762. The fourth-order valence-corrected chi connectivity index (χ4v) is 5.35. The number of carbonyl (C=O) groups is 1. The van der Waals surface area contributed by atoms with Gasteiger partial charge >= 0.3 is 5.97 Å². The number of hydrogen-bond acceptors (Lipinski definition) is 4. The highest BCUT2D eigenvalue weighted by Gasteiger charge is 2.28. The van der Waals surface area contributed by atoms with Gasteiger partial charge in [-0.15, -0.1) is 0 Å². The first-order valence-corrected chi connectivity index (χ1v) is 12.6. The van der Waals surface area contributed by atoms with E-state index in [-0.39, 0.29) is 12.5 Å². The first-order valence-electron chi connectivity index (χ1n) is 11.8. The van der Waals surface area contributed by atoms with Gasteiger partial charge in [-0.05, 0) is 59.4 Å². The van der Waals surface area contributed by atoms with Crippen LogP contribution in [0.15, 0.2) is 65.2 Å². The number of aliphatic carboxylic acids is 1. The number of fused-ring (bicyclic) bond motifs is 1. The van der Waals surface area contributed by atoms with Crippen LogP contribution in [0.1, 0.15) is 54.6 Å². The van der Waals surface area contributed by atoms with Gasteiger partial charge in [0.25, 0.3) is 0 Å². The highest BCUT2D eigenvalue weighted by atomic mass is 35.5. The first kappa shape index (κ1) is 24.4. The average Bonchev–Trinajstić information content (AvgIpc) is 3.47. The van der Waals surface area contributed by atoms with Crippen LogP contribution in [0.25, 0.3) is 22.4 Å². The van der Waals surface area contributed by atoms with Crippen LogP contribution in [0.4, 0.5) is 0 Å². The van der Waals surface area contributed by atoms with Crippen LogP contribution in [-0.4, -0.2) is 16.2 Å². The molecule has 1 N–H and O–H groups in total. The summed E-state index contributed by atoms with van der Waals surface area (Å²) in [6.07, 6.45) is 1.46. The molecule has 3 aromatic carbocycles. The summed E-state index contributed by atoms with van der Waals surface area (Å²) >= 11 is 12.9. The smallest absolute Gasteiger partial charge is 0.310 e. The van der Waals surface area contributed by atoms with Crippen LogP contribution < -0.4 is 4.74 Å². The van der Waals surface area contributed by atoms with Crippen LogP contribution in [0.5, 0.6) is 5.75 Å². The molecule has 1 aliphatic carbocycles. The van der Waals surface area contributed by atoms with E-state index >= 15 is 0 Å². The molecular formula is C29H25Cl2NO4. The van der Waals surface area contributed by atoms with Gasteiger partial charge in [0.05, 0.1) is 21.5 Å². The van der Waals surface area contributed by atoms with Crippen molar-refractivity contribution in [3.05, 3.63) is 93.2 Å². The van der Waals surface area contributed by atoms with E-state index in [0.29, 0.717) is 33.5 Å². The van der Waals surface area contributed by atoms with Crippen LogP contribution in [0.3, 0.4) is 0 Å². The lowest BCUT2D eigenvalue weighted by Crippen LogP contribution is -2.07. The summed E-state index contributed by atoms with van der Waals surface area (Å²) in [5.41, 5.74) is 6.04. The minimum Gasteiger partial charge on any atom is -0.489 e. The Bertz CT molecular complexity index is 1410. The lowest BCUT2D eigenvalue weighted by Gasteiger charge is -2.12. The molecule has 0 saturated heterocycles. The van der Waals surface area contributed by atoms with Gasteiger partial charge in [-0.25, -0.2) is 0 Å². The molecule has 0 amide bonds. The lowest BCUT2D eigenvalue weighted by molar-refractivity contribution is -0.138. The zero-order valence-corrected chi connectivity index (χ0v) is 21.4. The van der Waals surface area contributed by atoms with Crippen molar-refractivity contribution in [1.29, 1.82) is 0 Å². The zero-order valence-electron chi connectivity index (χ0n) is 19.9. The number of halogens is 2. The normalized spacial score (nSPS) is 14.8. The van der Waals surface area contributed by atoms with Gasteiger partial charge in [0.2, 0.25) is 0 Å². The number of benzene rings is 3. The molecule has 5 nitrogen and oxygen atoms in total. The quantitative estimate of drug-likeness (QED) is 0.265. The highest BCUT2D eigenvalue weighted by molar-refractivity contribution is 6.39. The second-order valence-electron chi connectivity index (χ2n) is 9.28. The molecule has 7 heteroatoms. The fourth-order valence-electron chi connectivity index (χ4n) is 4.77. The SMILES string of the molecule is CC(C)c1onc(-c2c(Cl)cccc2Cl)c1COc1ccc(-c2ccc3c(c2)C(C(=O)O)CC3)cc1. The zero-order chi connectivity index (χ0) is 25.4. The Balaban J connectivity index is 1.38. The van der Waals surface area contributed by atoms with Crippen molar-refractivity contribution in [1.82, 2.24) is 5.16 Å². The molecule has 1 heterocycles. The number of rotatable bonds is 7. The maximum Gasteiger partial charge on any atom is 0.310 e. The number of nitrogens with zero attached hydrogens (tertiary/aromatic N) is 1. The van der Waals surface area contributed by atoms with E-state index in [1.54, 1.807) is 18.2 Å². The molecule has 1 atom stereocenters. The van der Waals surface area contributed by atoms with Crippen molar-refractivity contribution in [3.8, 4) is 28.1 Å². The maximum atomic E-state index is 11.6. The first-order chi connectivity index (χ1) is 17.3. The molecule has 0 fully saturated rings. The van der Waals surface area contributed by atoms with Gasteiger partial charge in [-0.1, -0.05) is 78.6 Å². The van der Waals surface area contributed by atoms with Crippen molar-refractivity contribution in [3.63, 3.8) is 0 Å². The molecule has 0 saturated carbocycles. The standard InChI is InChI=1S/C29H25Cl2NO4/c1-16(2)28-23(27(32-36-28)26-24(30)4-3-5-25(26)31)15-35-20-11-8-17(9-12-20)19-7-6-18-10-13-21(29(33)34)22(18)14-19/h3-9,11-12,14,16,21H,10,13,15H2,1-2H3,(H,33,34). The fraction of sp³-hybridized carbons (Fsp3) is 0.241. The third-order valence-electron chi connectivity index (χ3n) is 6.64. The third kappa shape index (κ3) is 4.61. The molecular weight excluding hydrogens is 497 g/mol. The largest absolute Gasteiger partial charge is 0.489 e. The third-order valence-corrected chi connectivity index (χ3v) is 7.26. The highest BCUT2D eigenvalue weighted by Crippen LogP contribution is 2.39. The van der Waals surface area contributed by atoms with Gasteiger partial charge < -0.3 is 14.4 Å². The van der Waals surface area contributed by atoms with Crippen molar-refractivity contribution in [2.24, 2.45) is 0 Å². The molecule has 184 valence electrons. The number of aromatic nitrogens is 1. The Kier molecular flexibility index (Phi) is 6.78. The minimum absolute atomic E-state index is 0.0999. The van der Waals surface area contributed by atoms with E-state index in [9.17, 15) is 9.90 Å². The van der Waals surface area contributed by atoms with Gasteiger partial charge in [-0.2, -0.15) is 0 Å². The molecule has 1 aliphatic rings. The molecule has 4 aromatic rings. The average molecular weight is 522 g/mol. The number of hydrogen-bond donors (Lipinski definition) is 1. The van der Waals surface area contributed by atoms with Crippen molar-refractivity contribution in [2.45, 2.75) is 45.1 Å². The van der Waals surface area contributed by atoms with Crippen LogP contribution >= 0.6 is 23.2 Å². The summed E-state index contributed by atoms with van der Waals surface area (Å²) in [6.45, 7) is 4.30. The van der Waals surface area contributed by atoms with E-state index < -0.39 is 11.9 Å². The number of ether oxygens (including phenoxy) is 1. The van der Waals surface area contributed by atoms with Crippen molar-refractivity contribution >= 4 is 29.2 Å². The molecule has 1 unspecified atom stereocenters. The van der Waals surface area contributed by atoms with Gasteiger partial charge in [0.1, 0.15) is 23.8 Å². The Morgan fingerprint density at radius 1 is 1.08 bits per heavy atom. The summed E-state index contributed by atoms with van der Waals surface area (Å²) in [5, 5.41) is 14.8. The molecule has 0 aliphatic heterocycles. The van der Waals surface area contributed by atoms with E-state index in [1.165, 1.54) is 0 Å². The molecule has 36 heavy (non-hydrogen) atoms. The predicted octanol–water partition coefficient (Wildman–Crippen LogP) is 8.13. The summed E-state index contributed by atoms with van der Waals surface area (Å²) in [6, 6.07) is 19.2. The van der Waals surface area contributed by atoms with E-state index in [0.717, 1.165) is 40.0 Å². The molecule has 5 rings (SSSR count). The Morgan fingerprint density at radius 3 is 2.44 bits per heavy atom. The molecule has 0 radical (unpaired) electrons. The Morgan fingerprint density at radius 2 is 1.78 bits per heavy atom. The Labute approximate surface area is 219 Å². The summed E-state index contributed by atoms with van der Waals surface area (Å²) in [4.78, 5) is 11.6. The van der Waals surface area contributed by atoms with Gasteiger partial charge in [0.15, 0.2) is 0 Å². The maximum absolute atomic E-state index is 11.6. The number of aryl methyl sites for hydroxylation is 1. The van der Waals surface area contributed by atoms with Crippen molar-refractivity contribution < 1.29 is 19.2 Å². The molecule has 1 aromatic heterocycles. The molecule has 0 bridgehead atoms. The summed E-state index contributed by atoms with van der Waals surface area (Å²) < 4.78 is 11.8. The number of carboxylic acid groups (broad SMARTS) is 1. The second-order valence-corrected chi connectivity index (χ2v) is 10.1. The van der Waals surface area contributed by atoms with Gasteiger partial charge in [0, 0.05) is 11.5 Å². The summed E-state index contributed by atoms with van der Waals surface area (Å²) in [7, 11) is 0. The number of carboxylic acids is 1. The van der Waals surface area contributed by atoms with Crippen LogP contribution in [0, 0.1) is 0 Å². The van der Waals surface area contributed by atoms with Crippen molar-refractivity contribution in [2.75, 3.05) is 0 Å². The predicted molar refractivity (Wildman–Crippen MR) is 141 cm³/mol. The van der Waals surface area contributed by atoms with Gasteiger partial charge in [-0.3, -0.25) is 4.79 Å². The second kappa shape index (κ2) is 10.00. The lowest BCUT2D eigenvalue weighted by atomic mass is 9.96. The topological polar surface area (TPSA) is 72.6 Å². The van der Waals surface area contributed by atoms with Crippen LogP contribution in [-0.2, 0) is 17.8 Å². The van der Waals surface area contributed by atoms with Crippen LogP contribution in [0.2, 0.25) is 10.0 Å². The summed E-state index contributed by atoms with van der Waals surface area (Å²) in [5.74, 6) is 0.325. The monoisotopic (exact) mass is 521 g/mol. The van der Waals surface area contributed by atoms with E-state index in [4.69, 9.17) is 32.5 Å². The Hall–Kier alpha value is -3.28.